The highest BCUT2D eigenvalue weighted by atomic mass is 16.5. The normalized spacial score (nSPS) is 47.6. The molecule has 3 unspecified atom stereocenters. The van der Waals surface area contributed by atoms with Gasteiger partial charge >= 0.3 is 11.4 Å². The van der Waals surface area contributed by atoms with Crippen molar-refractivity contribution in [3.63, 3.8) is 0 Å². The molecule has 2 saturated carbocycles. The number of hydroxylamine groups is 1. The van der Waals surface area contributed by atoms with Crippen LogP contribution in [0.25, 0.3) is 0 Å². The van der Waals surface area contributed by atoms with Crippen LogP contribution in [0.3, 0.4) is 0 Å². The Morgan fingerprint density at radius 2 is 1.74 bits per heavy atom. The van der Waals surface area contributed by atoms with Crippen LogP contribution >= 0.6 is 0 Å². The van der Waals surface area contributed by atoms with Gasteiger partial charge in [-0.05, 0) is 24.4 Å². The summed E-state index contributed by atoms with van der Waals surface area (Å²) >= 11 is 0. The number of allylic oxidation sites excluding steroid dienone is 2. The molecule has 8 heteroatoms. The Kier molecular flexibility index (Phi) is 1.73. The van der Waals surface area contributed by atoms with E-state index in [1.54, 1.807) is 9.36 Å². The van der Waals surface area contributed by atoms with Crippen LogP contribution in [0.15, 0.2) is 26.9 Å². The van der Waals surface area contributed by atoms with Crippen molar-refractivity contribution in [1.82, 2.24) is 13.9 Å². The Labute approximate surface area is 130 Å². The summed E-state index contributed by atoms with van der Waals surface area (Å²) in [6.07, 6.45) is 7.79. The highest BCUT2D eigenvalue weighted by Gasteiger charge is 2.82. The summed E-state index contributed by atoms with van der Waals surface area (Å²) in [7, 11) is 1.53. The van der Waals surface area contributed by atoms with Crippen molar-refractivity contribution in [2.45, 2.75) is 49.9 Å². The molecule has 7 aliphatic rings. The first-order valence-corrected chi connectivity index (χ1v) is 8.29. The minimum absolute atomic E-state index is 0.0350. The van der Waals surface area contributed by atoms with Gasteiger partial charge in [0.05, 0.1) is 17.5 Å². The van der Waals surface area contributed by atoms with Gasteiger partial charge in [0.15, 0.2) is 6.04 Å². The second-order valence-corrected chi connectivity index (χ2v) is 7.70. The van der Waals surface area contributed by atoms with Crippen molar-refractivity contribution in [2.24, 2.45) is 23.0 Å². The zero-order valence-electron chi connectivity index (χ0n) is 12.8. The molecule has 4 aliphatic heterocycles. The fraction of sp³-hybridized carbons (Fsp3) is 0.733. The third kappa shape index (κ3) is 0.903. The lowest BCUT2D eigenvalue weighted by molar-refractivity contribution is -0.635. The second-order valence-electron chi connectivity index (χ2n) is 7.70. The first-order valence-electron chi connectivity index (χ1n) is 8.29. The van der Waals surface area contributed by atoms with Gasteiger partial charge in [0.25, 0.3) is 0 Å². The molecule has 0 radical (unpaired) electrons. The van der Waals surface area contributed by atoms with Crippen LogP contribution in [0.4, 0.5) is 0 Å². The molecule has 0 spiro atoms. The number of nitrogens with zero attached hydrogens (tertiary/aromatic N) is 5. The summed E-state index contributed by atoms with van der Waals surface area (Å²) in [6, 6.07) is -0.572. The maximum absolute atomic E-state index is 12.6. The van der Waals surface area contributed by atoms with Crippen LogP contribution in [0, 0.1) is 16.0 Å². The van der Waals surface area contributed by atoms with E-state index in [2.05, 4.69) is 17.3 Å². The van der Waals surface area contributed by atoms with E-state index in [1.807, 2.05) is 0 Å². The number of rotatable bonds is 0. The molecule has 120 valence electrons. The molecule has 6 atom stereocenters. The van der Waals surface area contributed by atoms with Crippen molar-refractivity contribution in [3.05, 3.63) is 38.3 Å². The predicted molar refractivity (Wildman–Crippen MR) is 78.1 cm³/mol. The molecule has 2 fully saturated rings. The van der Waals surface area contributed by atoms with Gasteiger partial charge in [0, 0.05) is 18.9 Å². The van der Waals surface area contributed by atoms with Crippen LogP contribution in [0.1, 0.15) is 37.8 Å². The average molecular weight is 315 g/mol. The van der Waals surface area contributed by atoms with E-state index < -0.39 is 0 Å². The molecule has 1 aromatic heterocycles. The molecular weight excluding hydrogens is 298 g/mol. The fourth-order valence-corrected chi connectivity index (χ4v) is 6.65. The molecule has 8 nitrogen and oxygen atoms in total. The van der Waals surface area contributed by atoms with Crippen molar-refractivity contribution in [3.8, 4) is 0 Å². The smallest absolute Gasteiger partial charge is 0.347 e. The first-order chi connectivity index (χ1) is 11.0. The van der Waals surface area contributed by atoms with Crippen molar-refractivity contribution in [2.75, 3.05) is 0 Å². The highest BCUT2D eigenvalue weighted by molar-refractivity contribution is 5.34. The van der Waals surface area contributed by atoms with Gasteiger partial charge < -0.3 is 5.21 Å². The summed E-state index contributed by atoms with van der Waals surface area (Å²) in [6.45, 7) is 0. The van der Waals surface area contributed by atoms with Crippen molar-refractivity contribution < 1.29 is 4.86 Å². The van der Waals surface area contributed by atoms with Crippen LogP contribution in [0.2, 0.25) is 0 Å². The third-order valence-electron chi connectivity index (χ3n) is 7.50. The molecule has 8 rings (SSSR count). The molecule has 0 saturated heterocycles. The number of fused-ring (bicyclic) bond motifs is 1. The summed E-state index contributed by atoms with van der Waals surface area (Å²) in [4.78, 5) is 26.1. The van der Waals surface area contributed by atoms with Crippen LogP contribution in [0.5, 0.6) is 0 Å². The average Bonchev–Trinajstić information content (AvgIpc) is 2.75. The summed E-state index contributed by atoms with van der Waals surface area (Å²) < 4.78 is 4.43. The van der Waals surface area contributed by atoms with Gasteiger partial charge in [-0.15, -0.1) is 0 Å². The molecular formula is C15H17N5O3. The minimum atomic E-state index is -0.278. The van der Waals surface area contributed by atoms with Gasteiger partial charge in [0.2, 0.25) is 0 Å². The summed E-state index contributed by atoms with van der Waals surface area (Å²) in [5.41, 5.74) is -0.936. The Morgan fingerprint density at radius 1 is 1.13 bits per heavy atom. The van der Waals surface area contributed by atoms with E-state index in [1.165, 1.54) is 11.6 Å². The van der Waals surface area contributed by atoms with E-state index in [-0.39, 0.29) is 46.4 Å². The number of azo groups is 1. The van der Waals surface area contributed by atoms with Gasteiger partial charge in [-0.25, -0.2) is 23.5 Å². The van der Waals surface area contributed by atoms with E-state index in [0.717, 1.165) is 30.5 Å². The summed E-state index contributed by atoms with van der Waals surface area (Å²) in [5, 5.41) is 16.8. The monoisotopic (exact) mass is 315 g/mol. The van der Waals surface area contributed by atoms with E-state index in [0.29, 0.717) is 0 Å². The molecule has 3 aliphatic carbocycles. The zero-order chi connectivity index (χ0) is 15.7. The Hall–Kier alpha value is -2.12. The van der Waals surface area contributed by atoms with Crippen LogP contribution in [-0.2, 0) is 7.05 Å². The fourth-order valence-electron chi connectivity index (χ4n) is 6.65. The lowest BCUT2D eigenvalue weighted by Gasteiger charge is -2.73. The number of aromatic nitrogens is 3. The van der Waals surface area contributed by atoms with Gasteiger partial charge in [-0.2, -0.15) is 0 Å². The quantitative estimate of drug-likeness (QED) is 0.391. The SMILES string of the molecule is Cn1c(=O)n2n(c1=O)[C@@H]1C=CC2[C@]23CCC12C1CC[C@@H]3[N+]([O-])=N1. The largest absolute Gasteiger partial charge is 0.600 e. The molecule has 23 heavy (non-hydrogen) atoms. The van der Waals surface area contributed by atoms with Crippen molar-refractivity contribution >= 4 is 0 Å². The molecule has 1 aromatic rings. The Bertz CT molecular complexity index is 951. The predicted octanol–water partition coefficient (Wildman–Crippen LogP) is 0.288. The van der Waals surface area contributed by atoms with Gasteiger partial charge in [-0.3, -0.25) is 0 Å². The maximum atomic E-state index is 12.6. The molecule has 0 aromatic carbocycles. The first kappa shape index (κ1) is 12.3. The van der Waals surface area contributed by atoms with Crippen LogP contribution < -0.4 is 11.4 Å². The zero-order valence-corrected chi connectivity index (χ0v) is 12.8. The third-order valence-corrected chi connectivity index (χ3v) is 7.50. The summed E-state index contributed by atoms with van der Waals surface area (Å²) in [5.74, 6) is 0. The topological polar surface area (TPSA) is 87.4 Å². The molecule has 0 N–H and O–H groups in total. The number of hydrogen-bond donors (Lipinski definition) is 0. The van der Waals surface area contributed by atoms with Crippen molar-refractivity contribution in [1.29, 1.82) is 0 Å². The Balaban J connectivity index is 1.75. The molecule has 5 heterocycles. The minimum Gasteiger partial charge on any atom is -0.600 e. The van der Waals surface area contributed by atoms with Crippen LogP contribution in [-0.4, -0.2) is 30.9 Å². The maximum Gasteiger partial charge on any atom is 0.347 e. The Morgan fingerprint density at radius 3 is 2.30 bits per heavy atom. The lowest BCUT2D eigenvalue weighted by atomic mass is 9.34. The van der Waals surface area contributed by atoms with E-state index in [4.69, 9.17) is 0 Å². The standard InChI is InChI=1S/C15H17N5O3/c1-17-12(21)18-9-4-5-10(19(18)13(17)22)15-7-6-14(9,15)8-2-3-11(15)20(23)16-8/h4-5,8-11H,2-3,6-7H2,1H3/t8?,9-,10?,11+,14?,15+/m1/s1. The van der Waals surface area contributed by atoms with E-state index >= 15 is 0 Å². The van der Waals surface area contributed by atoms with Gasteiger partial charge in [0.1, 0.15) is 6.04 Å². The molecule has 0 amide bonds. The van der Waals surface area contributed by atoms with E-state index in [9.17, 15) is 14.8 Å². The van der Waals surface area contributed by atoms with Gasteiger partial charge in [-0.1, -0.05) is 17.0 Å². The number of hydrogen-bond acceptors (Lipinski definition) is 4. The highest BCUT2D eigenvalue weighted by Crippen LogP contribution is 2.78. The lowest BCUT2D eigenvalue weighted by Crippen LogP contribution is -2.78. The molecule has 4 bridgehead atoms. The second kappa shape index (κ2) is 3.22.